The minimum absolute atomic E-state index is 0.00750. The summed E-state index contributed by atoms with van der Waals surface area (Å²) >= 11 is 0. The van der Waals surface area contributed by atoms with E-state index in [1.807, 2.05) is 20.8 Å². The molecule has 2 unspecified atom stereocenters. The van der Waals surface area contributed by atoms with Gasteiger partial charge in [0, 0.05) is 19.8 Å². The highest BCUT2D eigenvalue weighted by Gasteiger charge is 2.38. The maximum Gasteiger partial charge on any atom is 0.243 e. The predicted octanol–water partition coefficient (Wildman–Crippen LogP) is 0.394. The van der Waals surface area contributed by atoms with Crippen molar-refractivity contribution in [2.24, 2.45) is 5.92 Å². The third-order valence-electron chi connectivity index (χ3n) is 3.12. The van der Waals surface area contributed by atoms with Crippen LogP contribution in [0, 0.1) is 5.92 Å². The summed E-state index contributed by atoms with van der Waals surface area (Å²) in [5, 5.41) is 2.64. The van der Waals surface area contributed by atoms with Crippen LogP contribution in [-0.2, 0) is 14.3 Å². The number of nitrogens with one attached hydrogen (secondary N) is 1. The van der Waals surface area contributed by atoms with Gasteiger partial charge in [-0.15, -0.1) is 0 Å². The number of nitrogens with zero attached hydrogens (tertiary/aromatic N) is 1. The fourth-order valence-corrected chi connectivity index (χ4v) is 2.21. The van der Waals surface area contributed by atoms with E-state index in [-0.39, 0.29) is 36.4 Å². The van der Waals surface area contributed by atoms with Gasteiger partial charge in [0.25, 0.3) is 0 Å². The molecule has 1 rings (SSSR count). The lowest BCUT2D eigenvalue weighted by atomic mass is 9.97. The average Bonchev–Trinajstić information content (AvgIpc) is 2.28. The third kappa shape index (κ3) is 3.19. The van der Waals surface area contributed by atoms with Crippen LogP contribution in [0.15, 0.2) is 0 Å². The number of methoxy groups -OCH3 is 1. The molecule has 1 aliphatic heterocycles. The lowest BCUT2D eigenvalue weighted by molar-refractivity contribution is -0.150. The van der Waals surface area contributed by atoms with Crippen molar-refractivity contribution in [2.75, 3.05) is 20.3 Å². The highest BCUT2D eigenvalue weighted by Crippen LogP contribution is 2.19. The van der Waals surface area contributed by atoms with E-state index >= 15 is 0 Å². The van der Waals surface area contributed by atoms with Gasteiger partial charge in [0.2, 0.25) is 11.8 Å². The van der Waals surface area contributed by atoms with Crippen molar-refractivity contribution in [1.82, 2.24) is 10.2 Å². The third-order valence-corrected chi connectivity index (χ3v) is 3.12. The molecule has 1 N–H and O–H groups in total. The van der Waals surface area contributed by atoms with E-state index in [4.69, 9.17) is 4.74 Å². The molecule has 0 aromatic carbocycles. The standard InChI is InChI=1S/C12H22N2O3/c1-8(2)11-12(16)13-7-10(15)14(11)9(3)5-6-17-4/h8-9,11H,5-7H2,1-4H3,(H,13,16). The van der Waals surface area contributed by atoms with Crippen molar-refractivity contribution in [3.05, 3.63) is 0 Å². The number of ether oxygens (including phenoxy) is 1. The van der Waals surface area contributed by atoms with Gasteiger partial charge in [0.1, 0.15) is 6.04 Å². The maximum atomic E-state index is 11.9. The molecule has 1 heterocycles. The summed E-state index contributed by atoms with van der Waals surface area (Å²) in [4.78, 5) is 25.5. The molecule has 0 aromatic heterocycles. The van der Waals surface area contributed by atoms with Crippen LogP contribution in [0.25, 0.3) is 0 Å². The van der Waals surface area contributed by atoms with E-state index in [2.05, 4.69) is 5.32 Å². The highest BCUT2D eigenvalue weighted by molar-refractivity contribution is 5.95. The number of carbonyl (C=O) groups is 2. The monoisotopic (exact) mass is 242 g/mol. The Morgan fingerprint density at radius 1 is 1.41 bits per heavy atom. The molecular weight excluding hydrogens is 220 g/mol. The first-order chi connectivity index (χ1) is 7.99. The molecule has 1 aliphatic rings. The summed E-state index contributed by atoms with van der Waals surface area (Å²) in [5.74, 6) is 0.0556. The molecule has 2 atom stereocenters. The fraction of sp³-hybridized carbons (Fsp3) is 0.833. The van der Waals surface area contributed by atoms with Crippen molar-refractivity contribution in [1.29, 1.82) is 0 Å². The van der Waals surface area contributed by atoms with E-state index in [9.17, 15) is 9.59 Å². The number of hydrogen-bond donors (Lipinski definition) is 1. The Labute approximate surface area is 102 Å². The van der Waals surface area contributed by atoms with Gasteiger partial charge in [-0.25, -0.2) is 0 Å². The molecule has 0 spiro atoms. The normalized spacial score (nSPS) is 22.9. The Morgan fingerprint density at radius 3 is 2.59 bits per heavy atom. The Kier molecular flexibility index (Phi) is 4.93. The molecule has 98 valence electrons. The molecule has 5 nitrogen and oxygen atoms in total. The Balaban J connectivity index is 2.81. The van der Waals surface area contributed by atoms with E-state index < -0.39 is 0 Å². The molecule has 0 aromatic rings. The number of rotatable bonds is 5. The van der Waals surface area contributed by atoms with Crippen molar-refractivity contribution in [3.8, 4) is 0 Å². The minimum Gasteiger partial charge on any atom is -0.385 e. The van der Waals surface area contributed by atoms with Gasteiger partial charge in [-0.05, 0) is 19.3 Å². The first-order valence-corrected chi connectivity index (χ1v) is 6.06. The van der Waals surface area contributed by atoms with Crippen LogP contribution in [0.1, 0.15) is 27.2 Å². The summed E-state index contributed by atoms with van der Waals surface area (Å²) in [7, 11) is 1.64. The zero-order valence-corrected chi connectivity index (χ0v) is 11.0. The fourth-order valence-electron chi connectivity index (χ4n) is 2.21. The summed E-state index contributed by atoms with van der Waals surface area (Å²) in [6.45, 7) is 6.58. The lowest BCUT2D eigenvalue weighted by Crippen LogP contribution is -2.62. The molecule has 2 amide bonds. The molecule has 0 aliphatic carbocycles. The summed E-state index contributed by atoms with van der Waals surface area (Å²) in [5.41, 5.74) is 0. The van der Waals surface area contributed by atoms with Crippen molar-refractivity contribution < 1.29 is 14.3 Å². The summed E-state index contributed by atoms with van der Waals surface area (Å²) in [6, 6.07) is -0.330. The van der Waals surface area contributed by atoms with Crippen molar-refractivity contribution in [2.45, 2.75) is 39.3 Å². The second kappa shape index (κ2) is 6.00. The molecule has 1 saturated heterocycles. The van der Waals surface area contributed by atoms with Crippen LogP contribution in [0.4, 0.5) is 0 Å². The molecule has 5 heteroatoms. The maximum absolute atomic E-state index is 11.9. The second-order valence-electron chi connectivity index (χ2n) is 4.84. The molecule has 0 bridgehead atoms. The highest BCUT2D eigenvalue weighted by atomic mass is 16.5. The minimum atomic E-state index is -0.358. The van der Waals surface area contributed by atoms with E-state index in [1.165, 1.54) is 0 Å². The largest absolute Gasteiger partial charge is 0.385 e. The summed E-state index contributed by atoms with van der Waals surface area (Å²) in [6.07, 6.45) is 0.749. The zero-order valence-electron chi connectivity index (χ0n) is 11.0. The van der Waals surface area contributed by atoms with E-state index in [0.717, 1.165) is 6.42 Å². The van der Waals surface area contributed by atoms with E-state index in [0.29, 0.717) is 6.61 Å². The quantitative estimate of drug-likeness (QED) is 0.759. The lowest BCUT2D eigenvalue weighted by Gasteiger charge is -2.41. The van der Waals surface area contributed by atoms with Gasteiger partial charge in [0.15, 0.2) is 0 Å². The van der Waals surface area contributed by atoms with E-state index in [1.54, 1.807) is 12.0 Å². The first kappa shape index (κ1) is 14.0. The smallest absolute Gasteiger partial charge is 0.243 e. The second-order valence-corrected chi connectivity index (χ2v) is 4.84. The van der Waals surface area contributed by atoms with Crippen molar-refractivity contribution >= 4 is 11.8 Å². The topological polar surface area (TPSA) is 58.6 Å². The molecular formula is C12H22N2O3. The Morgan fingerprint density at radius 2 is 2.06 bits per heavy atom. The molecule has 0 radical (unpaired) electrons. The van der Waals surface area contributed by atoms with Crippen LogP contribution in [0.5, 0.6) is 0 Å². The van der Waals surface area contributed by atoms with Gasteiger partial charge in [-0.1, -0.05) is 13.8 Å². The van der Waals surface area contributed by atoms with Crippen LogP contribution < -0.4 is 5.32 Å². The van der Waals surface area contributed by atoms with Gasteiger partial charge in [-0.2, -0.15) is 0 Å². The summed E-state index contributed by atoms with van der Waals surface area (Å²) < 4.78 is 5.02. The van der Waals surface area contributed by atoms with Gasteiger partial charge < -0.3 is 15.0 Å². The molecule has 1 fully saturated rings. The van der Waals surface area contributed by atoms with Gasteiger partial charge in [0.05, 0.1) is 6.54 Å². The number of carbonyl (C=O) groups excluding carboxylic acids is 2. The predicted molar refractivity (Wildman–Crippen MR) is 64.4 cm³/mol. The first-order valence-electron chi connectivity index (χ1n) is 6.06. The van der Waals surface area contributed by atoms with Crippen LogP contribution >= 0.6 is 0 Å². The van der Waals surface area contributed by atoms with Crippen LogP contribution in [-0.4, -0.2) is 49.1 Å². The average molecular weight is 242 g/mol. The van der Waals surface area contributed by atoms with Crippen molar-refractivity contribution in [3.63, 3.8) is 0 Å². The molecule has 0 saturated carbocycles. The van der Waals surface area contributed by atoms with Crippen LogP contribution in [0.3, 0.4) is 0 Å². The Hall–Kier alpha value is -1.10. The van der Waals surface area contributed by atoms with Gasteiger partial charge >= 0.3 is 0 Å². The van der Waals surface area contributed by atoms with Gasteiger partial charge in [-0.3, -0.25) is 9.59 Å². The SMILES string of the molecule is COCCC(C)N1C(=O)CNC(=O)C1C(C)C. The number of amides is 2. The Bertz CT molecular complexity index is 291. The zero-order chi connectivity index (χ0) is 13.0. The number of hydrogen-bond acceptors (Lipinski definition) is 3. The number of piperazine rings is 1. The molecule has 17 heavy (non-hydrogen) atoms. The van der Waals surface area contributed by atoms with Crippen LogP contribution in [0.2, 0.25) is 0 Å².